The van der Waals surface area contributed by atoms with Crippen molar-refractivity contribution < 1.29 is 53.0 Å². The van der Waals surface area contributed by atoms with Gasteiger partial charge in [-0.15, -0.1) is 0 Å². The molecule has 2 atom stereocenters. The van der Waals surface area contributed by atoms with Crippen LogP contribution in [-0.4, -0.2) is 36.2 Å². The van der Waals surface area contributed by atoms with E-state index >= 15 is 0 Å². The first-order valence-corrected chi connectivity index (χ1v) is 3.84. The number of hydrogen-bond acceptors (Lipinski definition) is 1. The van der Waals surface area contributed by atoms with E-state index in [2.05, 4.69) is 4.74 Å². The molecule has 1 aliphatic rings. The Kier molecular flexibility index (Phi) is 2.87. The molecule has 0 radical (unpaired) electrons. The Hall–Kier alpha value is -0.810. The molecule has 12 heteroatoms. The molecule has 2 unspecified atom stereocenters. The van der Waals surface area contributed by atoms with Gasteiger partial charge in [-0.2, -0.15) is 43.9 Å². The zero-order valence-electron chi connectivity index (χ0n) is 7.64. The lowest BCUT2D eigenvalue weighted by Gasteiger charge is -2.33. The van der Waals surface area contributed by atoms with E-state index in [9.17, 15) is 48.3 Å². The first-order chi connectivity index (χ1) is 7.63. The lowest BCUT2D eigenvalue weighted by atomic mass is 10.00. The summed E-state index contributed by atoms with van der Waals surface area (Å²) in [6, 6.07) is 0. The number of rotatable bonds is 3. The third kappa shape index (κ3) is 1.57. The van der Waals surface area contributed by atoms with Crippen LogP contribution in [0.4, 0.5) is 48.3 Å². The lowest BCUT2D eigenvalue weighted by molar-refractivity contribution is -0.410. The van der Waals surface area contributed by atoms with Crippen molar-refractivity contribution in [3.05, 3.63) is 0 Å². The van der Waals surface area contributed by atoms with E-state index < -0.39 is 36.2 Å². The van der Waals surface area contributed by atoms with Crippen LogP contribution >= 0.6 is 0 Å². The Morgan fingerprint density at radius 2 is 1.11 bits per heavy atom. The van der Waals surface area contributed by atoms with Crippen molar-refractivity contribution >= 4 is 0 Å². The molecular formula is C6HF11O. The summed E-state index contributed by atoms with van der Waals surface area (Å²) in [4.78, 5) is 0. The molecule has 1 saturated heterocycles. The third-order valence-electron chi connectivity index (χ3n) is 2.08. The molecule has 0 aliphatic carbocycles. The number of ether oxygens (including phenoxy) is 1. The van der Waals surface area contributed by atoms with E-state index in [0.717, 1.165) is 0 Å². The SMILES string of the molecule is FC1OC1(F)C(F)(F)C(F)(F)C(F)(F)C(F)(F)F. The van der Waals surface area contributed by atoms with Crippen LogP contribution in [0.25, 0.3) is 0 Å². The molecule has 108 valence electrons. The number of epoxide rings is 1. The molecule has 0 amide bonds. The first-order valence-electron chi connectivity index (χ1n) is 3.84. The minimum atomic E-state index is -7.27. The number of alkyl halides is 11. The summed E-state index contributed by atoms with van der Waals surface area (Å²) in [5.74, 6) is -26.4. The predicted molar refractivity (Wildman–Crippen MR) is 30.7 cm³/mol. The van der Waals surface area contributed by atoms with Gasteiger partial charge in [0.1, 0.15) is 0 Å². The zero-order valence-corrected chi connectivity index (χ0v) is 7.64. The molecule has 0 aromatic carbocycles. The molecule has 1 heterocycles. The highest BCUT2D eigenvalue weighted by atomic mass is 19.4. The Bertz CT molecular complexity index is 346. The molecule has 1 fully saturated rings. The van der Waals surface area contributed by atoms with Crippen molar-refractivity contribution in [3.63, 3.8) is 0 Å². The van der Waals surface area contributed by atoms with Crippen molar-refractivity contribution in [2.45, 2.75) is 36.2 Å². The summed E-state index contributed by atoms with van der Waals surface area (Å²) in [5, 5.41) is 0. The molecule has 18 heavy (non-hydrogen) atoms. The minimum Gasteiger partial charge on any atom is -0.296 e. The maximum Gasteiger partial charge on any atom is 0.460 e. The fraction of sp³-hybridized carbons (Fsp3) is 1.00. The predicted octanol–water partition coefficient (Wildman–Crippen LogP) is 3.45. The van der Waals surface area contributed by atoms with Gasteiger partial charge in [-0.25, -0.2) is 4.39 Å². The van der Waals surface area contributed by atoms with Crippen molar-refractivity contribution in [1.29, 1.82) is 0 Å². The van der Waals surface area contributed by atoms with Crippen LogP contribution in [0.15, 0.2) is 0 Å². The van der Waals surface area contributed by atoms with Gasteiger partial charge in [-0.05, 0) is 0 Å². The number of halogens is 11. The van der Waals surface area contributed by atoms with E-state index in [4.69, 9.17) is 0 Å². The molecule has 0 bridgehead atoms. The number of hydrogen-bond donors (Lipinski definition) is 0. The molecule has 0 saturated carbocycles. The minimum absolute atomic E-state index is 2.70. The summed E-state index contributed by atoms with van der Waals surface area (Å²) in [6.45, 7) is 0. The molecule has 1 aliphatic heterocycles. The topological polar surface area (TPSA) is 12.5 Å². The van der Waals surface area contributed by atoms with Gasteiger partial charge in [0.05, 0.1) is 0 Å². The smallest absolute Gasteiger partial charge is 0.296 e. The quantitative estimate of drug-likeness (QED) is 0.574. The van der Waals surface area contributed by atoms with Crippen LogP contribution < -0.4 is 0 Å². The third-order valence-corrected chi connectivity index (χ3v) is 2.08. The summed E-state index contributed by atoms with van der Waals surface area (Å²) >= 11 is 0. The molecule has 0 spiro atoms. The van der Waals surface area contributed by atoms with Gasteiger partial charge < -0.3 is 0 Å². The molecule has 1 rings (SSSR count). The first kappa shape index (κ1) is 15.2. The van der Waals surface area contributed by atoms with Crippen LogP contribution in [0.3, 0.4) is 0 Å². The highest BCUT2D eigenvalue weighted by Crippen LogP contribution is 2.62. The maximum atomic E-state index is 12.6. The Balaban J connectivity index is 3.22. The van der Waals surface area contributed by atoms with Crippen molar-refractivity contribution in [1.82, 2.24) is 0 Å². The summed E-state index contributed by atoms with van der Waals surface area (Å²) in [6.07, 6.45) is -10.8. The van der Waals surface area contributed by atoms with Gasteiger partial charge in [0.2, 0.25) is 0 Å². The zero-order chi connectivity index (χ0) is 14.8. The highest BCUT2D eigenvalue weighted by molar-refractivity contribution is 5.12. The van der Waals surface area contributed by atoms with Crippen molar-refractivity contribution in [3.8, 4) is 0 Å². The van der Waals surface area contributed by atoms with Gasteiger partial charge in [0, 0.05) is 0 Å². The van der Waals surface area contributed by atoms with E-state index in [1.165, 1.54) is 0 Å². The highest BCUT2D eigenvalue weighted by Gasteiger charge is 2.92. The van der Waals surface area contributed by atoms with Gasteiger partial charge in [0.15, 0.2) is 0 Å². The second-order valence-corrected chi connectivity index (χ2v) is 3.30. The van der Waals surface area contributed by atoms with E-state index in [1.54, 1.807) is 0 Å². The normalized spacial score (nSPS) is 30.5. The fourth-order valence-corrected chi connectivity index (χ4v) is 0.922. The second kappa shape index (κ2) is 3.39. The van der Waals surface area contributed by atoms with E-state index in [-0.39, 0.29) is 0 Å². The summed E-state index contributed by atoms with van der Waals surface area (Å²) < 4.78 is 136. The molecular weight excluding hydrogens is 297 g/mol. The van der Waals surface area contributed by atoms with Crippen LogP contribution in [0, 0.1) is 0 Å². The van der Waals surface area contributed by atoms with Gasteiger partial charge >= 0.3 is 29.8 Å². The Morgan fingerprint density at radius 3 is 1.33 bits per heavy atom. The van der Waals surface area contributed by atoms with Crippen molar-refractivity contribution in [2.75, 3.05) is 0 Å². The fourth-order valence-electron chi connectivity index (χ4n) is 0.922. The lowest BCUT2D eigenvalue weighted by Crippen LogP contribution is -2.65. The van der Waals surface area contributed by atoms with Crippen LogP contribution in [0.2, 0.25) is 0 Å². The Labute approximate surface area is 90.5 Å². The molecule has 0 aromatic rings. The van der Waals surface area contributed by atoms with Crippen LogP contribution in [0.5, 0.6) is 0 Å². The monoisotopic (exact) mass is 298 g/mol. The van der Waals surface area contributed by atoms with Gasteiger partial charge in [0.25, 0.3) is 6.36 Å². The summed E-state index contributed by atoms with van der Waals surface area (Å²) in [7, 11) is 0. The van der Waals surface area contributed by atoms with E-state index in [0.29, 0.717) is 0 Å². The molecule has 1 nitrogen and oxygen atoms in total. The molecule has 0 aromatic heterocycles. The summed E-state index contributed by atoms with van der Waals surface area (Å²) in [5.41, 5.74) is 0. The Morgan fingerprint density at radius 1 is 0.778 bits per heavy atom. The largest absolute Gasteiger partial charge is 0.460 e. The second-order valence-electron chi connectivity index (χ2n) is 3.30. The van der Waals surface area contributed by atoms with Crippen molar-refractivity contribution in [2.24, 2.45) is 0 Å². The standard InChI is InChI=1S/C6HF11O/c7-1-2(8,18-1)3(9,10)4(11,12)5(13,14)6(15,16)17/h1H. The average Bonchev–Trinajstić information content (AvgIpc) is 2.73. The van der Waals surface area contributed by atoms with Gasteiger partial charge in [-0.1, -0.05) is 0 Å². The van der Waals surface area contributed by atoms with E-state index in [1.807, 2.05) is 0 Å². The molecule has 0 N–H and O–H groups in total. The van der Waals surface area contributed by atoms with Gasteiger partial charge in [-0.3, -0.25) is 4.74 Å². The maximum absolute atomic E-state index is 12.6. The van der Waals surface area contributed by atoms with Crippen LogP contribution in [0.1, 0.15) is 0 Å². The van der Waals surface area contributed by atoms with Crippen LogP contribution in [-0.2, 0) is 4.74 Å². The average molecular weight is 298 g/mol.